The molecule has 1 N–H and O–H groups in total. The minimum atomic E-state index is -0.0986. The Morgan fingerprint density at radius 3 is 2.90 bits per heavy atom. The van der Waals surface area contributed by atoms with Crippen LogP contribution in [0.4, 0.5) is 0 Å². The van der Waals surface area contributed by atoms with Crippen molar-refractivity contribution >= 4 is 17.2 Å². The molecule has 2 aromatic heterocycles. The lowest BCUT2D eigenvalue weighted by Crippen LogP contribution is -2.43. The molecule has 0 aromatic carbocycles. The first-order chi connectivity index (χ1) is 10.3. The minimum absolute atomic E-state index is 0.0986. The highest BCUT2D eigenvalue weighted by molar-refractivity contribution is 7.10. The molecular weight excluding hydrogens is 288 g/mol. The zero-order valence-corrected chi connectivity index (χ0v) is 12.5. The van der Waals surface area contributed by atoms with Gasteiger partial charge in [0.1, 0.15) is 6.26 Å². The largest absolute Gasteiger partial charge is 0.472 e. The van der Waals surface area contributed by atoms with Gasteiger partial charge in [-0.05, 0) is 17.5 Å². The van der Waals surface area contributed by atoms with Gasteiger partial charge in [-0.3, -0.25) is 9.69 Å². The van der Waals surface area contributed by atoms with Crippen LogP contribution in [0, 0.1) is 0 Å². The molecular formula is C15H18N2O3S. The van der Waals surface area contributed by atoms with Crippen LogP contribution in [0.3, 0.4) is 0 Å². The van der Waals surface area contributed by atoms with Crippen LogP contribution in [0.2, 0.25) is 0 Å². The summed E-state index contributed by atoms with van der Waals surface area (Å²) < 4.78 is 10.4. The van der Waals surface area contributed by atoms with E-state index in [9.17, 15) is 4.79 Å². The van der Waals surface area contributed by atoms with Crippen molar-refractivity contribution in [2.45, 2.75) is 6.04 Å². The van der Waals surface area contributed by atoms with Crippen molar-refractivity contribution in [2.24, 2.45) is 0 Å². The third kappa shape index (κ3) is 3.53. The van der Waals surface area contributed by atoms with E-state index in [-0.39, 0.29) is 11.9 Å². The average Bonchev–Trinajstić information content (AvgIpc) is 3.22. The van der Waals surface area contributed by atoms with E-state index in [4.69, 9.17) is 9.15 Å². The van der Waals surface area contributed by atoms with Gasteiger partial charge in [0.25, 0.3) is 5.91 Å². The smallest absolute Gasteiger partial charge is 0.254 e. The summed E-state index contributed by atoms with van der Waals surface area (Å²) in [6.07, 6.45) is 2.97. The highest BCUT2D eigenvalue weighted by atomic mass is 32.1. The standard InChI is InChI=1S/C15H18N2O3S/c18-15(12-3-6-20-11-12)16-10-13(14-2-1-9-21-14)17-4-7-19-8-5-17/h1-3,6,9,11,13H,4-5,7-8,10H2,(H,16,18)/t13-/m0/s1. The number of ether oxygens (including phenoxy) is 1. The molecule has 0 bridgehead atoms. The van der Waals surface area contributed by atoms with E-state index in [0.717, 1.165) is 26.3 Å². The summed E-state index contributed by atoms with van der Waals surface area (Å²) in [6.45, 7) is 3.87. The van der Waals surface area contributed by atoms with Gasteiger partial charge in [-0.2, -0.15) is 0 Å². The number of carbonyl (C=O) groups excluding carboxylic acids is 1. The molecule has 0 aliphatic carbocycles. The first-order valence-corrected chi connectivity index (χ1v) is 7.88. The van der Waals surface area contributed by atoms with Gasteiger partial charge in [-0.15, -0.1) is 11.3 Å². The molecule has 1 fully saturated rings. The summed E-state index contributed by atoms with van der Waals surface area (Å²) in [7, 11) is 0. The second-order valence-electron chi connectivity index (χ2n) is 4.90. The maximum atomic E-state index is 12.1. The van der Waals surface area contributed by atoms with Crippen LogP contribution < -0.4 is 5.32 Å². The third-order valence-electron chi connectivity index (χ3n) is 3.60. The van der Waals surface area contributed by atoms with Crippen LogP contribution in [-0.4, -0.2) is 43.7 Å². The first-order valence-electron chi connectivity index (χ1n) is 7.00. The fraction of sp³-hybridized carbons (Fsp3) is 0.400. The Balaban J connectivity index is 1.66. The zero-order valence-electron chi connectivity index (χ0n) is 11.7. The van der Waals surface area contributed by atoms with E-state index in [1.807, 2.05) is 6.07 Å². The zero-order chi connectivity index (χ0) is 14.5. The second-order valence-corrected chi connectivity index (χ2v) is 5.88. The van der Waals surface area contributed by atoms with Crippen molar-refractivity contribution in [1.29, 1.82) is 0 Å². The summed E-state index contributed by atoms with van der Waals surface area (Å²) in [4.78, 5) is 15.7. The number of furan rings is 1. The Kier molecular flexibility index (Phi) is 4.69. The molecule has 1 atom stereocenters. The Labute approximate surface area is 127 Å². The molecule has 1 aliphatic rings. The molecule has 3 heterocycles. The van der Waals surface area contributed by atoms with Crippen molar-refractivity contribution in [1.82, 2.24) is 10.2 Å². The monoisotopic (exact) mass is 306 g/mol. The van der Waals surface area contributed by atoms with E-state index in [1.165, 1.54) is 17.4 Å². The Bertz CT molecular complexity index is 548. The lowest BCUT2D eigenvalue weighted by molar-refractivity contribution is 0.0169. The van der Waals surface area contributed by atoms with Crippen LogP contribution in [-0.2, 0) is 4.74 Å². The van der Waals surface area contributed by atoms with E-state index >= 15 is 0 Å². The topological polar surface area (TPSA) is 54.7 Å². The van der Waals surface area contributed by atoms with Gasteiger partial charge < -0.3 is 14.5 Å². The Hall–Kier alpha value is -1.63. The molecule has 0 spiro atoms. The van der Waals surface area contributed by atoms with Crippen molar-refractivity contribution in [3.05, 3.63) is 46.5 Å². The molecule has 5 nitrogen and oxygen atoms in total. The number of nitrogens with zero attached hydrogens (tertiary/aromatic N) is 1. The van der Waals surface area contributed by atoms with E-state index in [1.54, 1.807) is 17.4 Å². The van der Waals surface area contributed by atoms with Crippen LogP contribution >= 0.6 is 11.3 Å². The molecule has 0 saturated carbocycles. The van der Waals surface area contributed by atoms with E-state index in [2.05, 4.69) is 21.7 Å². The quantitative estimate of drug-likeness (QED) is 0.919. The van der Waals surface area contributed by atoms with Gasteiger partial charge in [-0.1, -0.05) is 6.07 Å². The lowest BCUT2D eigenvalue weighted by Gasteiger charge is -2.34. The van der Waals surface area contributed by atoms with Crippen LogP contribution in [0.15, 0.2) is 40.5 Å². The Morgan fingerprint density at radius 2 is 2.24 bits per heavy atom. The van der Waals surface area contributed by atoms with Crippen molar-refractivity contribution in [3.8, 4) is 0 Å². The number of hydrogen-bond acceptors (Lipinski definition) is 5. The number of rotatable bonds is 5. The predicted molar refractivity (Wildman–Crippen MR) is 80.5 cm³/mol. The molecule has 3 rings (SSSR count). The second kappa shape index (κ2) is 6.89. The van der Waals surface area contributed by atoms with Gasteiger partial charge in [0.05, 0.1) is 31.1 Å². The Morgan fingerprint density at radius 1 is 1.38 bits per heavy atom. The van der Waals surface area contributed by atoms with Crippen LogP contribution in [0.5, 0.6) is 0 Å². The maximum absolute atomic E-state index is 12.1. The van der Waals surface area contributed by atoms with Crippen molar-refractivity contribution in [2.75, 3.05) is 32.8 Å². The lowest BCUT2D eigenvalue weighted by atomic mass is 10.2. The van der Waals surface area contributed by atoms with E-state index in [0.29, 0.717) is 12.1 Å². The molecule has 1 aliphatic heterocycles. The van der Waals surface area contributed by atoms with Gasteiger partial charge in [0.2, 0.25) is 0 Å². The molecule has 0 radical (unpaired) electrons. The molecule has 0 unspecified atom stereocenters. The number of morpholine rings is 1. The molecule has 6 heteroatoms. The van der Waals surface area contributed by atoms with E-state index < -0.39 is 0 Å². The van der Waals surface area contributed by atoms with Gasteiger partial charge in [0.15, 0.2) is 0 Å². The molecule has 1 amide bonds. The highest BCUT2D eigenvalue weighted by Gasteiger charge is 2.24. The van der Waals surface area contributed by atoms with Gasteiger partial charge in [-0.25, -0.2) is 0 Å². The summed E-state index contributed by atoms with van der Waals surface area (Å²) >= 11 is 1.72. The highest BCUT2D eigenvalue weighted by Crippen LogP contribution is 2.25. The molecule has 21 heavy (non-hydrogen) atoms. The number of carbonyl (C=O) groups is 1. The fourth-order valence-corrected chi connectivity index (χ4v) is 3.33. The molecule has 112 valence electrons. The fourth-order valence-electron chi connectivity index (χ4n) is 2.46. The average molecular weight is 306 g/mol. The summed E-state index contributed by atoms with van der Waals surface area (Å²) in [5.74, 6) is -0.0986. The van der Waals surface area contributed by atoms with Gasteiger partial charge >= 0.3 is 0 Å². The third-order valence-corrected chi connectivity index (χ3v) is 4.57. The van der Waals surface area contributed by atoms with Crippen molar-refractivity contribution < 1.29 is 13.9 Å². The first kappa shape index (κ1) is 14.3. The van der Waals surface area contributed by atoms with Crippen LogP contribution in [0.1, 0.15) is 21.3 Å². The number of thiophene rings is 1. The number of nitrogens with one attached hydrogen (secondary N) is 1. The van der Waals surface area contributed by atoms with Gasteiger partial charge in [0, 0.05) is 24.5 Å². The molecule has 2 aromatic rings. The predicted octanol–water partition coefficient (Wildman–Crippen LogP) is 2.14. The number of hydrogen-bond donors (Lipinski definition) is 1. The molecule has 1 saturated heterocycles. The minimum Gasteiger partial charge on any atom is -0.472 e. The summed E-state index contributed by atoms with van der Waals surface area (Å²) in [5.41, 5.74) is 0.557. The number of amides is 1. The SMILES string of the molecule is O=C(NC[C@@H](c1cccs1)N1CCOCC1)c1ccoc1. The maximum Gasteiger partial charge on any atom is 0.254 e. The summed E-state index contributed by atoms with van der Waals surface area (Å²) in [5, 5.41) is 5.07. The van der Waals surface area contributed by atoms with Crippen molar-refractivity contribution in [3.63, 3.8) is 0 Å². The normalized spacial score (nSPS) is 17.5. The van der Waals surface area contributed by atoms with Crippen LogP contribution in [0.25, 0.3) is 0 Å². The summed E-state index contributed by atoms with van der Waals surface area (Å²) in [6, 6.07) is 6.04.